The summed E-state index contributed by atoms with van der Waals surface area (Å²) in [5.74, 6) is 2.95. The molecular formula is C67H70N2O12. The highest BCUT2D eigenvalue weighted by atomic mass is 16.7. The standard InChI is InChI=1S/C67H70N2O12/c1-77-59-42-16-15-38-25-36-10-7-13-40(36)53-52(38)54(42)56-58(73)55(53)49(71)31-69-30-46-35(9-6-14-41(46)62(69)74)11-8-24-78-61-57(72)51-32-79-50(18-17-43(59)60(56)81-63(80-51)67(61,76)34-70)45-29-68-48-26-37-19-23-65(47(37)27-44(45)48)33-66(75)22-3-2-12-39(66)28-64(65)20-4-5-21-64/h6,9,14,17-18,25-27,29,36,39-40,50-51,57,61,63,68,70,72-73,75-76H,2-5,7,10-13,15-16,19-23,28,30-34H2,1H3/b18-17+/t36-,39+,40+,50+,51+,57+,61-,63+,65-,66-,67+/m0/s1. The number of amides is 1. The Bertz CT molecular complexity index is 3690. The number of aliphatic hydroxyl groups is 4. The number of nitrogens with zero attached hydrogens (tertiary/aromatic N) is 1. The lowest BCUT2D eigenvalue weighted by molar-refractivity contribution is -0.328. The molecule has 7 aliphatic carbocycles. The van der Waals surface area contributed by atoms with E-state index in [0.717, 1.165) is 114 Å². The van der Waals surface area contributed by atoms with Gasteiger partial charge in [0, 0.05) is 57.6 Å². The van der Waals surface area contributed by atoms with E-state index in [1.807, 2.05) is 24.4 Å². The van der Waals surface area contributed by atoms with Gasteiger partial charge in [-0.3, -0.25) is 9.59 Å². The maximum absolute atomic E-state index is 15.6. The molecule has 1 aromatic heterocycles. The molecule has 4 aromatic carbocycles. The van der Waals surface area contributed by atoms with Crippen LogP contribution in [0.3, 0.4) is 0 Å². The zero-order valence-electron chi connectivity index (χ0n) is 45.9. The highest BCUT2D eigenvalue weighted by Crippen LogP contribution is 2.69. The van der Waals surface area contributed by atoms with Crippen LogP contribution < -0.4 is 9.47 Å². The second-order valence-corrected chi connectivity index (χ2v) is 26.1. The highest BCUT2D eigenvalue weighted by molar-refractivity contribution is 6.17. The fourth-order valence-electron chi connectivity index (χ4n) is 18.7. The van der Waals surface area contributed by atoms with Gasteiger partial charge in [0.2, 0.25) is 6.29 Å². The van der Waals surface area contributed by atoms with Crippen molar-refractivity contribution in [3.63, 3.8) is 0 Å². The van der Waals surface area contributed by atoms with Gasteiger partial charge in [-0.05, 0) is 163 Å². The third-order valence-electron chi connectivity index (χ3n) is 22.4. The Morgan fingerprint density at radius 2 is 1.79 bits per heavy atom. The van der Waals surface area contributed by atoms with Crippen molar-refractivity contribution in [2.75, 3.05) is 26.9 Å². The summed E-state index contributed by atoms with van der Waals surface area (Å²) >= 11 is 0. The van der Waals surface area contributed by atoms with Gasteiger partial charge >= 0.3 is 0 Å². The molecule has 420 valence electrons. The van der Waals surface area contributed by atoms with Gasteiger partial charge in [-0.2, -0.15) is 0 Å². The summed E-state index contributed by atoms with van der Waals surface area (Å²) in [7, 11) is 1.61. The Kier molecular flexibility index (Phi) is 11.3. The number of allylic oxidation sites excluding steroid dienone is 2. The fraction of sp³-hybridized carbons (Fsp3) is 0.522. The number of fused-ring (bicyclic) bond motifs is 12. The van der Waals surface area contributed by atoms with E-state index in [0.29, 0.717) is 41.0 Å². The molecule has 11 atom stereocenters. The zero-order chi connectivity index (χ0) is 54.9. The van der Waals surface area contributed by atoms with Gasteiger partial charge in [-0.25, -0.2) is 0 Å². The zero-order valence-corrected chi connectivity index (χ0v) is 45.9. The predicted molar refractivity (Wildman–Crippen MR) is 301 cm³/mol. The maximum Gasteiger partial charge on any atom is 0.254 e. The van der Waals surface area contributed by atoms with Crippen LogP contribution in [0, 0.1) is 29.3 Å². The first-order chi connectivity index (χ1) is 39.4. The summed E-state index contributed by atoms with van der Waals surface area (Å²) in [5, 5.41) is 64.8. The van der Waals surface area contributed by atoms with E-state index in [1.165, 1.54) is 43.2 Å². The number of aryl methyl sites for hydroxylation is 2. The van der Waals surface area contributed by atoms with Crippen LogP contribution in [0.5, 0.6) is 17.2 Å². The summed E-state index contributed by atoms with van der Waals surface area (Å²) in [4.78, 5) is 35.0. The molecule has 0 radical (unpaired) electrons. The highest BCUT2D eigenvalue weighted by Gasteiger charge is 2.65. The molecule has 4 saturated carbocycles. The Morgan fingerprint density at radius 1 is 0.926 bits per heavy atom. The normalized spacial score (nSPS) is 34.3. The minimum Gasteiger partial charge on any atom is -0.506 e. The molecular weight excluding hydrogens is 1020 g/mol. The minimum atomic E-state index is -2.47. The second kappa shape index (κ2) is 18.2. The van der Waals surface area contributed by atoms with Crippen LogP contribution in [0.1, 0.15) is 179 Å². The number of carbonyl (C=O) groups is 2. The first kappa shape index (κ1) is 50.5. The topological polar surface area (TPSA) is 200 Å². The summed E-state index contributed by atoms with van der Waals surface area (Å²) in [5.41, 5.74) is 7.29. The molecule has 5 heterocycles. The molecule has 5 fully saturated rings. The number of ketones is 1. The van der Waals surface area contributed by atoms with Crippen molar-refractivity contribution in [1.29, 1.82) is 0 Å². The number of benzene rings is 4. The SMILES string of the molecule is COc1c2c3c4c(O)c(c5c6c4c1CCC6=C[C@@H]1CCC[C@@H]51)C(=O)CN1Cc4c(cccc4C1=O)CC#CO[C@H]1[C@H](O)[C@@H](CO[C@@H](c4c[nH]c5cc6c(cc45)[C@]4(CC6)C[C@@]5(O)CCCC[C@@H]5CC45CCCC5)/C=C/2)O[C@H](O3)[C@@]1(O)CO. The molecule has 6 N–H and O–H groups in total. The molecule has 1 saturated heterocycles. The third kappa shape index (κ3) is 7.02. The van der Waals surface area contributed by atoms with Crippen LogP contribution in [-0.2, 0) is 45.4 Å². The molecule has 2 spiro atoms. The molecule has 14 nitrogen and oxygen atoms in total. The predicted octanol–water partition coefficient (Wildman–Crippen LogP) is 9.44. The van der Waals surface area contributed by atoms with Crippen LogP contribution in [-0.4, -0.2) is 110 Å². The number of aliphatic hydroxyl groups excluding tert-OH is 2. The van der Waals surface area contributed by atoms with Crippen LogP contribution in [0.15, 0.2) is 48.7 Å². The molecule has 81 heavy (non-hydrogen) atoms. The number of hydrogen-bond donors (Lipinski definition) is 6. The van der Waals surface area contributed by atoms with Gasteiger partial charge in [-0.15, -0.1) is 0 Å². The van der Waals surface area contributed by atoms with E-state index in [-0.39, 0.29) is 77.1 Å². The van der Waals surface area contributed by atoms with Crippen molar-refractivity contribution in [3.05, 3.63) is 110 Å². The number of Topliss-reactive ketones (excluding diaryl/α,β-unsaturated/α-hetero) is 1. The van der Waals surface area contributed by atoms with E-state index in [2.05, 4.69) is 35.2 Å². The van der Waals surface area contributed by atoms with Gasteiger partial charge < -0.3 is 59.1 Å². The van der Waals surface area contributed by atoms with Gasteiger partial charge in [-0.1, -0.05) is 62.3 Å². The smallest absolute Gasteiger partial charge is 0.254 e. The average molecular weight is 1100 g/mol. The van der Waals surface area contributed by atoms with Crippen molar-refractivity contribution >= 4 is 45.0 Å². The fourth-order valence-corrected chi connectivity index (χ4v) is 18.7. The van der Waals surface area contributed by atoms with Crippen LogP contribution in [0.4, 0.5) is 0 Å². The second-order valence-electron chi connectivity index (χ2n) is 26.1. The number of phenols is 1. The van der Waals surface area contributed by atoms with Crippen molar-refractivity contribution in [2.24, 2.45) is 17.3 Å². The molecule has 1 amide bonds. The lowest BCUT2D eigenvalue weighted by Crippen LogP contribution is -2.70. The lowest BCUT2D eigenvalue weighted by Gasteiger charge is -2.60. The molecule has 0 unspecified atom stereocenters. The average Bonchev–Trinajstić information content (AvgIpc) is 3.51. The summed E-state index contributed by atoms with van der Waals surface area (Å²) < 4.78 is 33.6. The van der Waals surface area contributed by atoms with Crippen molar-refractivity contribution in [2.45, 2.75) is 175 Å². The van der Waals surface area contributed by atoms with Crippen LogP contribution >= 0.6 is 0 Å². The number of hydrogen-bond acceptors (Lipinski definition) is 12. The van der Waals surface area contributed by atoms with Crippen molar-refractivity contribution < 1.29 is 58.8 Å². The molecule has 16 rings (SSSR count). The van der Waals surface area contributed by atoms with E-state index >= 15 is 4.79 Å². The minimum absolute atomic E-state index is 0.0238. The first-order valence-corrected chi connectivity index (χ1v) is 30.1. The number of rotatable bonds is 3. The van der Waals surface area contributed by atoms with Crippen LogP contribution in [0.25, 0.3) is 33.3 Å². The number of nitrogens with one attached hydrogen (secondary N) is 1. The Balaban J connectivity index is 0.919. The monoisotopic (exact) mass is 1090 g/mol. The first-order valence-electron chi connectivity index (χ1n) is 30.1. The number of phenolic OH excluding ortho intramolecular Hbond substituents is 1. The van der Waals surface area contributed by atoms with Crippen molar-refractivity contribution in [1.82, 2.24) is 9.88 Å². The number of ether oxygens (including phenoxy) is 5. The molecule has 8 bridgehead atoms. The third-order valence-corrected chi connectivity index (χ3v) is 22.4. The summed E-state index contributed by atoms with van der Waals surface area (Å²) in [6.07, 6.45) is 20.7. The molecule has 14 heteroatoms. The van der Waals surface area contributed by atoms with Crippen molar-refractivity contribution in [3.8, 4) is 29.3 Å². The van der Waals surface area contributed by atoms with Gasteiger partial charge in [0.15, 0.2) is 17.5 Å². The molecule has 11 aliphatic rings. The Hall–Kier alpha value is -6.18. The Morgan fingerprint density at radius 3 is 2.64 bits per heavy atom. The number of H-pyrrole nitrogens is 1. The number of methoxy groups -OCH3 is 1. The quantitative estimate of drug-likeness (QED) is 0.0937. The number of aromatic hydroxyl groups is 1. The molecule has 5 aromatic rings. The molecule has 4 aliphatic heterocycles. The van der Waals surface area contributed by atoms with Gasteiger partial charge in [0.25, 0.3) is 5.91 Å². The number of carbonyl (C=O) groups excluding carboxylic acids is 2. The van der Waals surface area contributed by atoms with E-state index in [4.69, 9.17) is 23.7 Å². The Labute approximate surface area is 470 Å². The van der Waals surface area contributed by atoms with E-state index in [1.54, 1.807) is 24.1 Å². The lowest BCUT2D eigenvalue weighted by atomic mass is 9.45. The largest absolute Gasteiger partial charge is 0.506 e. The summed E-state index contributed by atoms with van der Waals surface area (Å²) in [6.45, 7) is -1.35. The maximum atomic E-state index is 15.6. The van der Waals surface area contributed by atoms with E-state index in [9.17, 15) is 30.3 Å². The van der Waals surface area contributed by atoms with Gasteiger partial charge in [0.05, 0.1) is 49.0 Å². The number of aromatic amines is 1. The van der Waals surface area contributed by atoms with Crippen LogP contribution in [0.2, 0.25) is 0 Å². The number of aromatic nitrogens is 1. The van der Waals surface area contributed by atoms with Gasteiger partial charge in [0.1, 0.15) is 41.7 Å². The summed E-state index contributed by atoms with van der Waals surface area (Å²) in [6, 6.07) is 10.1. The van der Waals surface area contributed by atoms with E-state index < -0.39 is 54.3 Å².